The van der Waals surface area contributed by atoms with Gasteiger partial charge in [-0.05, 0) is 73.4 Å². The zero-order chi connectivity index (χ0) is 25.9. The van der Waals surface area contributed by atoms with Gasteiger partial charge in [0.05, 0.1) is 23.0 Å². The van der Waals surface area contributed by atoms with Crippen molar-refractivity contribution < 1.29 is 9.47 Å². The number of aromatic nitrogens is 1. The highest BCUT2D eigenvalue weighted by Crippen LogP contribution is 2.35. The summed E-state index contributed by atoms with van der Waals surface area (Å²) in [4.78, 5) is 4.91. The summed E-state index contributed by atoms with van der Waals surface area (Å²) >= 11 is 1.70. The number of amidine groups is 1. The van der Waals surface area contributed by atoms with Gasteiger partial charge in [0, 0.05) is 17.4 Å². The molecule has 0 aliphatic rings. The highest BCUT2D eigenvalue weighted by Gasteiger charge is 2.12. The van der Waals surface area contributed by atoms with Crippen LogP contribution in [0.15, 0.2) is 65.1 Å². The third-order valence-corrected chi connectivity index (χ3v) is 6.42. The molecule has 2 aromatic heterocycles. The number of aryl methyl sites for hydroxylation is 2. The van der Waals surface area contributed by atoms with E-state index in [1.165, 1.54) is 0 Å². The summed E-state index contributed by atoms with van der Waals surface area (Å²) in [5, 5.41) is 5.77. The van der Waals surface area contributed by atoms with Crippen LogP contribution in [0.25, 0.3) is 21.3 Å². The van der Waals surface area contributed by atoms with Gasteiger partial charge in [-0.3, -0.25) is 0 Å². The van der Waals surface area contributed by atoms with Crippen molar-refractivity contribution in [2.75, 3.05) is 7.11 Å². The lowest BCUT2D eigenvalue weighted by atomic mass is 10.0. The van der Waals surface area contributed by atoms with Crippen molar-refractivity contribution in [3.63, 3.8) is 0 Å². The Hall–Kier alpha value is -4.06. The summed E-state index contributed by atoms with van der Waals surface area (Å²) in [5.74, 6) is 15.1. The summed E-state index contributed by atoms with van der Waals surface area (Å²) in [6.07, 6.45) is 6.03. The Morgan fingerprint density at radius 2 is 1.83 bits per heavy atom. The van der Waals surface area contributed by atoms with Crippen molar-refractivity contribution >= 4 is 27.4 Å². The van der Waals surface area contributed by atoms with Crippen LogP contribution < -0.4 is 26.6 Å². The number of hydrazone groups is 1. The van der Waals surface area contributed by atoms with Gasteiger partial charge in [0.15, 0.2) is 0 Å². The molecule has 0 amide bonds. The Morgan fingerprint density at radius 3 is 2.47 bits per heavy atom. The first-order chi connectivity index (χ1) is 17.5. The Bertz CT molecular complexity index is 1360. The van der Waals surface area contributed by atoms with E-state index in [0.717, 1.165) is 56.1 Å². The summed E-state index contributed by atoms with van der Waals surface area (Å²) in [7, 11) is 1.68. The number of nitrogens with two attached hydrogens (primary N) is 2. The SMILES string of the molecule is C#CC.COc1ccc(-c2csc3ccc(COc4ccc(CC/C(=N/N)NN)cc4)nc23)c(C)c1. The summed E-state index contributed by atoms with van der Waals surface area (Å²) in [5.41, 5.74) is 8.98. The number of hydrogen-bond donors (Lipinski definition) is 3. The van der Waals surface area contributed by atoms with Crippen LogP contribution >= 0.6 is 11.3 Å². The second-order valence-electron chi connectivity index (χ2n) is 7.92. The Morgan fingerprint density at radius 1 is 1.11 bits per heavy atom. The molecule has 5 N–H and O–H groups in total. The summed E-state index contributed by atoms with van der Waals surface area (Å²) in [6, 6.07) is 18.2. The molecule has 0 unspecified atom stereocenters. The van der Waals surface area contributed by atoms with Crippen molar-refractivity contribution in [2.24, 2.45) is 16.8 Å². The van der Waals surface area contributed by atoms with E-state index in [0.29, 0.717) is 18.9 Å². The zero-order valence-electron chi connectivity index (χ0n) is 20.7. The van der Waals surface area contributed by atoms with Crippen molar-refractivity contribution in [1.29, 1.82) is 0 Å². The van der Waals surface area contributed by atoms with Crippen LogP contribution in [-0.2, 0) is 13.0 Å². The largest absolute Gasteiger partial charge is 0.497 e. The molecule has 2 aromatic carbocycles. The van der Waals surface area contributed by atoms with Gasteiger partial charge >= 0.3 is 0 Å². The monoisotopic (exact) mass is 501 g/mol. The number of hydrazine groups is 1. The summed E-state index contributed by atoms with van der Waals surface area (Å²) in [6.45, 7) is 4.14. The average Bonchev–Trinajstić information content (AvgIpc) is 3.32. The van der Waals surface area contributed by atoms with E-state index in [1.54, 1.807) is 25.4 Å². The first-order valence-electron chi connectivity index (χ1n) is 11.4. The molecule has 0 radical (unpaired) electrons. The fraction of sp³-hybridized carbons (Fsp3) is 0.214. The molecule has 8 heteroatoms. The van der Waals surface area contributed by atoms with Crippen LogP contribution in [0, 0.1) is 19.3 Å². The minimum Gasteiger partial charge on any atom is -0.497 e. The second kappa shape index (κ2) is 13.1. The normalized spacial score (nSPS) is 10.8. The molecule has 4 aromatic rings. The van der Waals surface area contributed by atoms with Crippen molar-refractivity contribution in [1.82, 2.24) is 10.4 Å². The Kier molecular flexibility index (Phi) is 9.69. The van der Waals surface area contributed by atoms with Gasteiger partial charge in [-0.1, -0.05) is 18.2 Å². The highest BCUT2D eigenvalue weighted by atomic mass is 32.1. The molecule has 4 rings (SSSR count). The molecular formula is C28H31N5O2S. The van der Waals surface area contributed by atoms with Crippen molar-refractivity contribution in [3.05, 3.63) is 76.8 Å². The van der Waals surface area contributed by atoms with E-state index in [9.17, 15) is 0 Å². The average molecular weight is 502 g/mol. The molecule has 0 aliphatic heterocycles. The fourth-order valence-electron chi connectivity index (χ4n) is 3.64. The second-order valence-corrected chi connectivity index (χ2v) is 8.83. The lowest BCUT2D eigenvalue weighted by molar-refractivity contribution is 0.302. The lowest BCUT2D eigenvalue weighted by Gasteiger charge is -2.09. The maximum atomic E-state index is 5.99. The molecule has 2 heterocycles. The Balaban J connectivity index is 0.00000115. The minimum absolute atomic E-state index is 0.396. The van der Waals surface area contributed by atoms with Crippen LogP contribution in [-0.4, -0.2) is 17.9 Å². The standard InChI is InChI=1S/C25H27N5O2S.C3H4/c1-16-13-20(31-2)9-10-21(16)22-15-33-23-11-6-18(28-25(22)23)14-32-19-7-3-17(4-8-19)5-12-24(29-26)30-27;1-3-2/h3-4,6-11,13,15H,5,12,14,26-27H2,1-2H3,(H,29,30);1H,2H3. The number of hydrogen-bond acceptors (Lipinski definition) is 7. The maximum absolute atomic E-state index is 5.99. The molecule has 0 fully saturated rings. The zero-order valence-corrected chi connectivity index (χ0v) is 21.6. The first kappa shape index (κ1) is 26.5. The number of rotatable bonds is 8. The van der Waals surface area contributed by atoms with Gasteiger partial charge in [0.25, 0.3) is 0 Å². The molecule has 0 atom stereocenters. The van der Waals surface area contributed by atoms with E-state index < -0.39 is 0 Å². The molecule has 7 nitrogen and oxygen atoms in total. The highest BCUT2D eigenvalue weighted by molar-refractivity contribution is 7.17. The van der Waals surface area contributed by atoms with Crippen LogP contribution in [0.5, 0.6) is 11.5 Å². The van der Waals surface area contributed by atoms with Crippen molar-refractivity contribution in [3.8, 4) is 35.0 Å². The molecule has 0 bridgehead atoms. The molecule has 0 spiro atoms. The van der Waals surface area contributed by atoms with E-state index in [-0.39, 0.29) is 0 Å². The van der Waals surface area contributed by atoms with Gasteiger partial charge in [0.1, 0.15) is 23.9 Å². The quantitative estimate of drug-likeness (QED) is 0.101. The number of nitrogens with one attached hydrogen (secondary N) is 1. The van der Waals surface area contributed by atoms with E-state index >= 15 is 0 Å². The fourth-order valence-corrected chi connectivity index (χ4v) is 4.53. The van der Waals surface area contributed by atoms with E-state index in [1.807, 2.05) is 42.5 Å². The number of fused-ring (bicyclic) bond motifs is 1. The molecule has 186 valence electrons. The number of ether oxygens (including phenoxy) is 2. The van der Waals surface area contributed by atoms with Crippen LogP contribution in [0.2, 0.25) is 0 Å². The van der Waals surface area contributed by atoms with Crippen molar-refractivity contribution in [2.45, 2.75) is 33.3 Å². The number of thiophene rings is 1. The maximum Gasteiger partial charge on any atom is 0.136 e. The van der Waals surface area contributed by atoms with Gasteiger partial charge in [0.2, 0.25) is 0 Å². The number of nitrogens with zero attached hydrogens (tertiary/aromatic N) is 2. The van der Waals surface area contributed by atoms with E-state index in [4.69, 9.17) is 26.1 Å². The number of pyridine rings is 1. The van der Waals surface area contributed by atoms with Gasteiger partial charge < -0.3 is 20.7 Å². The molecule has 0 aliphatic carbocycles. The number of benzene rings is 2. The van der Waals surface area contributed by atoms with Gasteiger partial charge in [-0.25, -0.2) is 10.8 Å². The predicted octanol–water partition coefficient (Wildman–Crippen LogP) is 5.17. The number of terminal acetylenes is 1. The molecule has 36 heavy (non-hydrogen) atoms. The number of methoxy groups -OCH3 is 1. The predicted molar refractivity (Wildman–Crippen MR) is 149 cm³/mol. The van der Waals surface area contributed by atoms with E-state index in [2.05, 4.69) is 47.3 Å². The topological polar surface area (TPSA) is 108 Å². The van der Waals surface area contributed by atoms with Gasteiger partial charge in [-0.2, -0.15) is 5.10 Å². The smallest absolute Gasteiger partial charge is 0.136 e. The van der Waals surface area contributed by atoms with Crippen LogP contribution in [0.1, 0.15) is 30.2 Å². The van der Waals surface area contributed by atoms with Crippen LogP contribution in [0.3, 0.4) is 0 Å². The molecular weight excluding hydrogens is 470 g/mol. The minimum atomic E-state index is 0.396. The third-order valence-electron chi connectivity index (χ3n) is 5.48. The van der Waals surface area contributed by atoms with Gasteiger partial charge in [-0.15, -0.1) is 23.7 Å². The molecule has 0 saturated carbocycles. The first-order valence-corrected chi connectivity index (χ1v) is 12.3. The lowest BCUT2D eigenvalue weighted by Crippen LogP contribution is -2.31. The van der Waals surface area contributed by atoms with Crippen LogP contribution in [0.4, 0.5) is 0 Å². The summed E-state index contributed by atoms with van der Waals surface area (Å²) < 4.78 is 12.5. The molecule has 0 saturated heterocycles. The third kappa shape index (κ3) is 6.75. The Labute approximate surface area is 216 Å².